The van der Waals surface area contributed by atoms with E-state index in [9.17, 15) is 0 Å². The van der Waals surface area contributed by atoms with Crippen LogP contribution in [-0.4, -0.2) is 17.5 Å². The molecule has 0 bridgehead atoms. The summed E-state index contributed by atoms with van der Waals surface area (Å²) >= 11 is 1.93. The Hall–Kier alpha value is -1.29. The summed E-state index contributed by atoms with van der Waals surface area (Å²) in [6.07, 6.45) is 2.04. The summed E-state index contributed by atoms with van der Waals surface area (Å²) in [5, 5.41) is 3.32. The van der Waals surface area contributed by atoms with E-state index in [0.29, 0.717) is 5.75 Å². The van der Waals surface area contributed by atoms with E-state index in [1.807, 2.05) is 24.0 Å². The van der Waals surface area contributed by atoms with Crippen LogP contribution < -0.4 is 9.47 Å². The van der Waals surface area contributed by atoms with Gasteiger partial charge in [-0.3, -0.25) is 0 Å². The maximum atomic E-state index is 5.47. The van der Waals surface area contributed by atoms with Crippen LogP contribution in [0.15, 0.2) is 29.3 Å². The van der Waals surface area contributed by atoms with Crippen molar-refractivity contribution in [1.29, 1.82) is 0 Å². The second kappa shape index (κ2) is 5.10. The molecule has 3 heterocycles. The minimum Gasteiger partial charge on any atom is -0.500 e. The minimum atomic E-state index is 0. The van der Waals surface area contributed by atoms with Gasteiger partial charge in [0, 0.05) is 42.4 Å². The number of hydrogen-bond acceptors (Lipinski definition) is 4. The van der Waals surface area contributed by atoms with E-state index >= 15 is 0 Å². The molecular weight excluding hydrogens is 486 g/mol. The maximum Gasteiger partial charge on any atom is 0.218 e. The second-order valence-electron chi connectivity index (χ2n) is 6.47. The van der Waals surface area contributed by atoms with Crippen LogP contribution in [0, 0.1) is 6.07 Å². The Morgan fingerprint density at radius 3 is 3.00 bits per heavy atom. The van der Waals surface area contributed by atoms with Gasteiger partial charge in [-0.25, -0.2) is 0 Å². The Morgan fingerprint density at radius 2 is 2.13 bits per heavy atom. The van der Waals surface area contributed by atoms with E-state index in [4.69, 9.17) is 14.5 Å². The van der Waals surface area contributed by atoms with Gasteiger partial charge in [-0.15, -0.1) is 22.5 Å². The van der Waals surface area contributed by atoms with Crippen LogP contribution in [0.3, 0.4) is 0 Å². The summed E-state index contributed by atoms with van der Waals surface area (Å²) < 4.78 is 10.9. The van der Waals surface area contributed by atoms with Crippen molar-refractivity contribution in [1.82, 2.24) is 4.98 Å². The maximum absolute atomic E-state index is 5.47. The number of aromatic nitrogens is 1. The van der Waals surface area contributed by atoms with E-state index in [0.717, 1.165) is 27.8 Å². The molecule has 0 amide bonds. The van der Waals surface area contributed by atoms with Crippen LogP contribution in [0.1, 0.15) is 19.4 Å². The van der Waals surface area contributed by atoms with Gasteiger partial charge < -0.3 is 14.5 Å². The molecule has 0 spiro atoms. The molecule has 23 heavy (non-hydrogen) atoms. The molecule has 1 radical (unpaired) electrons. The van der Waals surface area contributed by atoms with Gasteiger partial charge in [-0.05, 0) is 16.5 Å². The molecule has 2 aromatic carbocycles. The second-order valence-corrected chi connectivity index (χ2v) is 7.45. The molecule has 2 aliphatic rings. The third-order valence-electron chi connectivity index (χ3n) is 4.50. The average Bonchev–Trinajstić information content (AvgIpc) is 3.08. The van der Waals surface area contributed by atoms with Gasteiger partial charge in [0.05, 0.1) is 11.5 Å². The molecule has 2 aliphatic heterocycles. The Morgan fingerprint density at radius 1 is 1.26 bits per heavy atom. The SMILES string of the molecule is CC1(C)CSc2c1cnc1c2ccc2cc3c([c-]c21)OCO3.[Ir]. The molecular formula is C18H14IrNO2S-. The summed E-state index contributed by atoms with van der Waals surface area (Å²) in [7, 11) is 0. The molecule has 5 rings (SSSR count). The minimum absolute atomic E-state index is 0. The van der Waals surface area contributed by atoms with Gasteiger partial charge in [0.1, 0.15) is 0 Å². The molecule has 0 aliphatic carbocycles. The number of rotatable bonds is 0. The molecule has 119 valence electrons. The first-order valence-electron chi connectivity index (χ1n) is 7.34. The van der Waals surface area contributed by atoms with E-state index in [1.54, 1.807) is 0 Å². The molecule has 0 saturated heterocycles. The Bertz CT molecular complexity index is 955. The smallest absolute Gasteiger partial charge is 0.218 e. The number of nitrogens with zero attached hydrogens (tertiary/aromatic N) is 1. The fourth-order valence-corrected chi connectivity index (χ4v) is 4.69. The molecule has 5 heteroatoms. The van der Waals surface area contributed by atoms with Crippen molar-refractivity contribution in [3.8, 4) is 11.5 Å². The molecule has 0 unspecified atom stereocenters. The average molecular weight is 501 g/mol. The molecule has 1 aromatic heterocycles. The third-order valence-corrected chi connectivity index (χ3v) is 6.09. The number of benzene rings is 2. The van der Waals surface area contributed by atoms with Gasteiger partial charge in [0.15, 0.2) is 0 Å². The van der Waals surface area contributed by atoms with Crippen LogP contribution in [0.5, 0.6) is 11.5 Å². The Labute approximate surface area is 152 Å². The predicted molar refractivity (Wildman–Crippen MR) is 88.0 cm³/mol. The van der Waals surface area contributed by atoms with E-state index < -0.39 is 0 Å². The van der Waals surface area contributed by atoms with Crippen LogP contribution in [-0.2, 0) is 25.5 Å². The van der Waals surface area contributed by atoms with Gasteiger partial charge in [-0.2, -0.15) is 0 Å². The van der Waals surface area contributed by atoms with Gasteiger partial charge in [0.2, 0.25) is 6.79 Å². The van der Waals surface area contributed by atoms with Crippen molar-refractivity contribution >= 4 is 33.4 Å². The first-order valence-corrected chi connectivity index (χ1v) is 8.33. The topological polar surface area (TPSA) is 31.4 Å². The predicted octanol–water partition coefficient (Wildman–Crippen LogP) is 4.30. The molecule has 3 nitrogen and oxygen atoms in total. The number of thioether (sulfide) groups is 1. The fourth-order valence-electron chi connectivity index (χ4n) is 3.22. The summed E-state index contributed by atoms with van der Waals surface area (Å²) in [5.41, 5.74) is 2.54. The zero-order valence-corrected chi connectivity index (χ0v) is 15.9. The van der Waals surface area contributed by atoms with Crippen molar-refractivity contribution in [2.45, 2.75) is 24.2 Å². The summed E-state index contributed by atoms with van der Waals surface area (Å²) in [4.78, 5) is 6.12. The summed E-state index contributed by atoms with van der Waals surface area (Å²) in [5.74, 6) is 2.56. The number of ether oxygens (including phenoxy) is 2. The monoisotopic (exact) mass is 501 g/mol. The van der Waals surface area contributed by atoms with Crippen LogP contribution in [0.2, 0.25) is 0 Å². The Kier molecular flexibility index (Phi) is 3.38. The van der Waals surface area contributed by atoms with Crippen LogP contribution in [0.4, 0.5) is 0 Å². The first kappa shape index (κ1) is 15.2. The molecule has 0 N–H and O–H groups in total. The third kappa shape index (κ3) is 2.10. The van der Waals surface area contributed by atoms with Crippen molar-refractivity contribution in [2.24, 2.45) is 0 Å². The van der Waals surface area contributed by atoms with E-state index in [2.05, 4.69) is 32.0 Å². The molecule has 0 saturated carbocycles. The molecule has 0 atom stereocenters. The van der Waals surface area contributed by atoms with Crippen molar-refractivity contribution in [3.05, 3.63) is 36.0 Å². The summed E-state index contributed by atoms with van der Waals surface area (Å²) in [6.45, 7) is 4.84. The van der Waals surface area contributed by atoms with Gasteiger partial charge in [-0.1, -0.05) is 38.1 Å². The van der Waals surface area contributed by atoms with Crippen LogP contribution >= 0.6 is 11.8 Å². The van der Waals surface area contributed by atoms with Gasteiger partial charge >= 0.3 is 0 Å². The van der Waals surface area contributed by atoms with Crippen molar-refractivity contribution < 1.29 is 29.6 Å². The van der Waals surface area contributed by atoms with Gasteiger partial charge in [0.25, 0.3) is 0 Å². The van der Waals surface area contributed by atoms with E-state index in [1.165, 1.54) is 15.8 Å². The Balaban J connectivity index is 0.00000135. The largest absolute Gasteiger partial charge is 0.500 e. The quantitative estimate of drug-likeness (QED) is 0.340. The zero-order chi connectivity index (χ0) is 14.9. The standard InChI is InChI=1S/C18H14NO2S.Ir/c1-18(2)8-22-17-11-4-3-10-5-14-15(21-9-20-14)6-12(10)16(11)19-7-13(17)18;/h3-5,7H,8-9H2,1-2H3;/q-1;. The first-order chi connectivity index (χ1) is 10.6. The molecule has 3 aromatic rings. The van der Waals surface area contributed by atoms with Crippen molar-refractivity contribution in [2.75, 3.05) is 12.5 Å². The fraction of sp³-hybridized carbons (Fsp3) is 0.278. The van der Waals surface area contributed by atoms with Crippen LogP contribution in [0.25, 0.3) is 21.7 Å². The zero-order valence-electron chi connectivity index (χ0n) is 12.7. The number of fused-ring (bicyclic) bond motifs is 6. The normalized spacial score (nSPS) is 17.3. The molecule has 0 fully saturated rings. The van der Waals surface area contributed by atoms with E-state index in [-0.39, 0.29) is 32.3 Å². The summed E-state index contributed by atoms with van der Waals surface area (Å²) in [6, 6.07) is 9.66. The van der Waals surface area contributed by atoms with Crippen molar-refractivity contribution in [3.63, 3.8) is 0 Å². The number of hydrogen-bond donors (Lipinski definition) is 0. The number of pyridine rings is 1.